The van der Waals surface area contributed by atoms with E-state index >= 15 is 0 Å². The van der Waals surface area contributed by atoms with Crippen molar-refractivity contribution < 1.29 is 23.1 Å². The van der Waals surface area contributed by atoms with Gasteiger partial charge in [-0.2, -0.15) is 23.2 Å². The summed E-state index contributed by atoms with van der Waals surface area (Å²) in [4.78, 5) is 16.3. The Labute approximate surface area is 237 Å². The second-order valence-electron chi connectivity index (χ2n) is 10.4. The number of benzene rings is 2. The second-order valence-corrected chi connectivity index (χ2v) is 10.4. The minimum absolute atomic E-state index is 0.0491. The maximum Gasteiger partial charge on any atom is 0.416 e. The lowest BCUT2D eigenvalue weighted by Gasteiger charge is -2.26. The molecule has 0 fully saturated rings. The highest BCUT2D eigenvalue weighted by Crippen LogP contribution is 2.32. The first kappa shape index (κ1) is 30.0. The Morgan fingerprint density at radius 2 is 1.78 bits per heavy atom. The van der Waals surface area contributed by atoms with Gasteiger partial charge in [0.05, 0.1) is 24.2 Å². The molecule has 1 aliphatic rings. The monoisotopic (exact) mass is 569 g/mol. The van der Waals surface area contributed by atoms with E-state index < -0.39 is 17.7 Å². The predicted octanol–water partition coefficient (Wildman–Crippen LogP) is 4.87. The summed E-state index contributed by atoms with van der Waals surface area (Å²) in [7, 11) is 1.62. The molecule has 4 rings (SSSR count). The Bertz CT molecular complexity index is 1410. The number of aliphatic carboxylic acids is 1. The Hall–Kier alpha value is -3.98. The van der Waals surface area contributed by atoms with Crippen molar-refractivity contribution in [2.45, 2.75) is 71.3 Å². The molecule has 41 heavy (non-hydrogen) atoms. The quantitative estimate of drug-likeness (QED) is 0.290. The van der Waals surface area contributed by atoms with Crippen LogP contribution in [0.25, 0.3) is 0 Å². The van der Waals surface area contributed by atoms with Gasteiger partial charge < -0.3 is 10.0 Å². The van der Waals surface area contributed by atoms with E-state index in [1.54, 1.807) is 11.9 Å². The van der Waals surface area contributed by atoms with Gasteiger partial charge in [-0.15, -0.1) is 5.10 Å². The molecule has 218 valence electrons. The lowest BCUT2D eigenvalue weighted by atomic mass is 9.98. The number of carbonyl (C=O) groups is 1. The summed E-state index contributed by atoms with van der Waals surface area (Å²) in [6, 6.07) is 9.62. The molecule has 9 nitrogen and oxygen atoms in total. The molecule has 1 aromatic heterocycles. The van der Waals surface area contributed by atoms with Gasteiger partial charge in [0.2, 0.25) is 0 Å². The van der Waals surface area contributed by atoms with Crippen LogP contribution in [0, 0.1) is 11.3 Å². The van der Waals surface area contributed by atoms with E-state index in [0.717, 1.165) is 62.0 Å². The summed E-state index contributed by atoms with van der Waals surface area (Å²) >= 11 is 0. The Morgan fingerprint density at radius 3 is 2.37 bits per heavy atom. The van der Waals surface area contributed by atoms with Crippen molar-refractivity contribution in [3.05, 3.63) is 69.3 Å². The molecule has 1 N–H and O–H groups in total. The third kappa shape index (κ3) is 8.04. The fourth-order valence-corrected chi connectivity index (χ4v) is 5.26. The van der Waals surface area contributed by atoms with Crippen LogP contribution in [0.3, 0.4) is 0 Å². The maximum absolute atomic E-state index is 13.6. The summed E-state index contributed by atoms with van der Waals surface area (Å²) in [5, 5.41) is 30.8. The lowest BCUT2D eigenvalue weighted by Crippen LogP contribution is -2.28. The number of hydrogen-bond donors (Lipinski definition) is 1. The van der Waals surface area contributed by atoms with Crippen LogP contribution in [0.1, 0.15) is 71.6 Å². The molecule has 3 aromatic rings. The number of alkyl halides is 3. The van der Waals surface area contributed by atoms with Gasteiger partial charge in [-0.3, -0.25) is 9.69 Å². The Balaban J connectivity index is 1.65. The normalized spacial score (nSPS) is 12.9. The molecular weight excluding hydrogens is 535 g/mol. The lowest BCUT2D eigenvalue weighted by molar-refractivity contribution is -0.138. The molecule has 12 heteroatoms. The zero-order chi connectivity index (χ0) is 29.6. The first-order valence-corrected chi connectivity index (χ1v) is 13.7. The van der Waals surface area contributed by atoms with Gasteiger partial charge in [0.25, 0.3) is 5.95 Å². The average Bonchev–Trinajstić information content (AvgIpc) is 3.57. The van der Waals surface area contributed by atoms with Gasteiger partial charge in [-0.1, -0.05) is 24.2 Å². The number of halogens is 3. The fourth-order valence-electron chi connectivity index (χ4n) is 5.26. The van der Waals surface area contributed by atoms with Crippen LogP contribution in [0.2, 0.25) is 0 Å². The average molecular weight is 570 g/mol. The molecule has 0 atom stereocenters. The number of carboxylic acid groups (broad SMARTS) is 1. The Kier molecular flexibility index (Phi) is 9.60. The zero-order valence-corrected chi connectivity index (χ0v) is 23.3. The molecule has 0 bridgehead atoms. The van der Waals surface area contributed by atoms with E-state index in [9.17, 15) is 23.2 Å². The van der Waals surface area contributed by atoms with E-state index in [4.69, 9.17) is 5.11 Å². The standard InChI is InChI=1S/C29H34F3N7O2/c1-3-38(10-5-4-9-27(40)41)18-24-14-22-7-6-8-23(22)15-25(24)19-39(28-34-36-37(2)35-28)17-21-11-20(16-33)12-26(13-21)29(30,31)32/h11-15H,3-10,17-19H2,1-2H3,(H,40,41). The van der Waals surface area contributed by atoms with Crippen molar-refractivity contribution in [1.82, 2.24) is 25.1 Å². The molecule has 2 aromatic carbocycles. The number of tetrazole rings is 1. The molecule has 1 aliphatic carbocycles. The highest BCUT2D eigenvalue weighted by Gasteiger charge is 2.31. The summed E-state index contributed by atoms with van der Waals surface area (Å²) in [5.41, 5.74) is 4.09. The van der Waals surface area contributed by atoms with Gasteiger partial charge in [-0.05, 0) is 96.4 Å². The Morgan fingerprint density at radius 1 is 1.07 bits per heavy atom. The molecule has 0 aliphatic heterocycles. The van der Waals surface area contributed by atoms with E-state index in [2.05, 4.69) is 39.4 Å². The van der Waals surface area contributed by atoms with Crippen molar-refractivity contribution in [2.75, 3.05) is 18.0 Å². The molecule has 0 saturated heterocycles. The van der Waals surface area contributed by atoms with E-state index in [0.29, 0.717) is 25.1 Å². The minimum atomic E-state index is -4.58. The first-order chi connectivity index (χ1) is 19.5. The van der Waals surface area contributed by atoms with E-state index in [-0.39, 0.29) is 24.5 Å². The largest absolute Gasteiger partial charge is 0.481 e. The van der Waals surface area contributed by atoms with Gasteiger partial charge in [0, 0.05) is 26.1 Å². The minimum Gasteiger partial charge on any atom is -0.481 e. The summed E-state index contributed by atoms with van der Waals surface area (Å²) in [6.45, 7) is 4.67. The highest BCUT2D eigenvalue weighted by atomic mass is 19.4. The number of aryl methyl sites for hydroxylation is 3. The third-order valence-electron chi connectivity index (χ3n) is 7.33. The second kappa shape index (κ2) is 13.1. The van der Waals surface area contributed by atoms with E-state index in [1.165, 1.54) is 22.0 Å². The molecule has 0 amide bonds. The SMILES string of the molecule is CCN(CCCCC(=O)O)Cc1cc2c(cc1CN(Cc1cc(C#N)cc(C(F)(F)F)c1)c1nnn(C)n1)CCC2. The van der Waals surface area contributed by atoms with Crippen molar-refractivity contribution in [3.8, 4) is 6.07 Å². The highest BCUT2D eigenvalue weighted by molar-refractivity contribution is 5.66. The van der Waals surface area contributed by atoms with Crippen LogP contribution >= 0.6 is 0 Å². The zero-order valence-electron chi connectivity index (χ0n) is 23.3. The number of nitriles is 1. The summed E-state index contributed by atoms with van der Waals surface area (Å²) in [6.07, 6.45) is -0.0178. The van der Waals surface area contributed by atoms with Crippen molar-refractivity contribution >= 4 is 11.9 Å². The summed E-state index contributed by atoms with van der Waals surface area (Å²) in [5.74, 6) is -0.523. The van der Waals surface area contributed by atoms with E-state index in [1.807, 2.05) is 6.07 Å². The topological polar surface area (TPSA) is 111 Å². The van der Waals surface area contributed by atoms with Gasteiger partial charge in [0.1, 0.15) is 0 Å². The number of nitrogens with zero attached hydrogens (tertiary/aromatic N) is 7. The number of hydrogen-bond acceptors (Lipinski definition) is 7. The number of rotatable bonds is 13. The van der Waals surface area contributed by atoms with Crippen LogP contribution in [-0.4, -0.2) is 49.3 Å². The van der Waals surface area contributed by atoms with Gasteiger partial charge >= 0.3 is 12.1 Å². The maximum atomic E-state index is 13.6. The number of aromatic nitrogens is 4. The van der Waals surface area contributed by atoms with Crippen LogP contribution in [0.5, 0.6) is 0 Å². The number of fused-ring (bicyclic) bond motifs is 1. The molecule has 0 saturated carbocycles. The van der Waals surface area contributed by atoms with Gasteiger partial charge in [0.15, 0.2) is 0 Å². The number of anilines is 1. The van der Waals surface area contributed by atoms with Crippen LogP contribution in [-0.2, 0) is 50.5 Å². The van der Waals surface area contributed by atoms with Crippen LogP contribution < -0.4 is 4.90 Å². The number of carboxylic acids is 1. The summed E-state index contributed by atoms with van der Waals surface area (Å²) < 4.78 is 40.8. The molecule has 0 unspecified atom stereocenters. The molecule has 1 heterocycles. The van der Waals surface area contributed by atoms with Crippen LogP contribution in [0.4, 0.5) is 19.1 Å². The molecule has 0 radical (unpaired) electrons. The molecular formula is C29H34F3N7O2. The number of unbranched alkanes of at least 4 members (excludes halogenated alkanes) is 1. The van der Waals surface area contributed by atoms with Crippen molar-refractivity contribution in [3.63, 3.8) is 0 Å². The van der Waals surface area contributed by atoms with Crippen LogP contribution in [0.15, 0.2) is 30.3 Å². The van der Waals surface area contributed by atoms with Gasteiger partial charge in [-0.25, -0.2) is 0 Å². The van der Waals surface area contributed by atoms with Crippen molar-refractivity contribution in [2.24, 2.45) is 7.05 Å². The predicted molar refractivity (Wildman–Crippen MR) is 146 cm³/mol. The molecule has 0 spiro atoms. The smallest absolute Gasteiger partial charge is 0.416 e. The fraction of sp³-hybridized carbons (Fsp3) is 0.483. The third-order valence-corrected chi connectivity index (χ3v) is 7.33. The first-order valence-electron chi connectivity index (χ1n) is 13.7. The van der Waals surface area contributed by atoms with Crippen molar-refractivity contribution in [1.29, 1.82) is 5.26 Å².